The van der Waals surface area contributed by atoms with Crippen molar-refractivity contribution in [3.63, 3.8) is 0 Å². The highest BCUT2D eigenvalue weighted by atomic mass is 16.3. The molecule has 0 spiro atoms. The lowest BCUT2D eigenvalue weighted by Gasteiger charge is -2.30. The number of aliphatic hydroxyl groups excluding tert-OH is 1. The Kier molecular flexibility index (Phi) is 4.73. The van der Waals surface area contributed by atoms with Gasteiger partial charge in [0.15, 0.2) is 0 Å². The highest BCUT2D eigenvalue weighted by Gasteiger charge is 2.30. The summed E-state index contributed by atoms with van der Waals surface area (Å²) >= 11 is 0. The molecule has 0 aliphatic carbocycles. The van der Waals surface area contributed by atoms with Gasteiger partial charge < -0.3 is 16.2 Å². The highest BCUT2D eigenvalue weighted by molar-refractivity contribution is 5.83. The SMILES string of the molecule is CC(CO)(NC(=O)[C@H](N)c1ccccc1)c1ccccc1. The van der Waals surface area contributed by atoms with E-state index in [4.69, 9.17) is 5.73 Å². The zero-order chi connectivity index (χ0) is 15.3. The monoisotopic (exact) mass is 284 g/mol. The van der Waals surface area contributed by atoms with Crippen LogP contribution >= 0.6 is 0 Å². The molecular weight excluding hydrogens is 264 g/mol. The molecule has 21 heavy (non-hydrogen) atoms. The number of nitrogens with one attached hydrogen (secondary N) is 1. The number of carbonyl (C=O) groups is 1. The molecule has 4 heteroatoms. The largest absolute Gasteiger partial charge is 0.394 e. The Balaban J connectivity index is 2.17. The molecule has 2 aromatic carbocycles. The van der Waals surface area contributed by atoms with Crippen LogP contribution in [-0.4, -0.2) is 17.6 Å². The summed E-state index contributed by atoms with van der Waals surface area (Å²) in [4.78, 5) is 12.3. The lowest BCUT2D eigenvalue weighted by Crippen LogP contribution is -2.49. The van der Waals surface area contributed by atoms with Crippen LogP contribution in [0.4, 0.5) is 0 Å². The van der Waals surface area contributed by atoms with Crippen LogP contribution in [0.3, 0.4) is 0 Å². The van der Waals surface area contributed by atoms with E-state index >= 15 is 0 Å². The van der Waals surface area contributed by atoms with E-state index in [0.717, 1.165) is 11.1 Å². The van der Waals surface area contributed by atoms with E-state index in [2.05, 4.69) is 5.32 Å². The van der Waals surface area contributed by atoms with E-state index in [0.29, 0.717) is 0 Å². The van der Waals surface area contributed by atoms with Gasteiger partial charge in [-0.3, -0.25) is 4.79 Å². The van der Waals surface area contributed by atoms with Gasteiger partial charge in [-0.05, 0) is 18.1 Å². The van der Waals surface area contributed by atoms with Crippen LogP contribution in [0.1, 0.15) is 24.1 Å². The van der Waals surface area contributed by atoms with Crippen molar-refractivity contribution in [1.29, 1.82) is 0 Å². The molecule has 0 aromatic heterocycles. The normalized spacial score (nSPS) is 15.0. The number of carbonyl (C=O) groups excluding carboxylic acids is 1. The second kappa shape index (κ2) is 6.52. The zero-order valence-electron chi connectivity index (χ0n) is 12.0. The first-order valence-corrected chi connectivity index (χ1v) is 6.86. The molecule has 0 saturated carbocycles. The van der Waals surface area contributed by atoms with E-state index in [9.17, 15) is 9.90 Å². The van der Waals surface area contributed by atoms with Gasteiger partial charge in [0.05, 0.1) is 12.1 Å². The molecule has 1 unspecified atom stereocenters. The standard InChI is InChI=1S/C17H20N2O2/c1-17(12-20,14-10-6-3-7-11-14)19-16(21)15(18)13-8-4-2-5-9-13/h2-11,15,20H,12,18H2,1H3,(H,19,21)/t15-,17?/m1/s1. The average molecular weight is 284 g/mol. The smallest absolute Gasteiger partial charge is 0.242 e. The van der Waals surface area contributed by atoms with Crippen molar-refractivity contribution in [2.75, 3.05) is 6.61 Å². The molecule has 0 radical (unpaired) electrons. The van der Waals surface area contributed by atoms with Crippen molar-refractivity contribution < 1.29 is 9.90 Å². The van der Waals surface area contributed by atoms with Gasteiger partial charge >= 0.3 is 0 Å². The first-order chi connectivity index (χ1) is 10.1. The number of amides is 1. The van der Waals surface area contributed by atoms with Crippen LogP contribution < -0.4 is 11.1 Å². The van der Waals surface area contributed by atoms with Crippen LogP contribution in [0.2, 0.25) is 0 Å². The van der Waals surface area contributed by atoms with Gasteiger partial charge in [-0.1, -0.05) is 60.7 Å². The number of aliphatic hydroxyl groups is 1. The predicted octanol–water partition coefficient (Wildman–Crippen LogP) is 1.71. The molecule has 0 saturated heterocycles. The first kappa shape index (κ1) is 15.2. The summed E-state index contributed by atoms with van der Waals surface area (Å²) < 4.78 is 0. The molecule has 1 amide bonds. The van der Waals surface area contributed by atoms with Crippen molar-refractivity contribution in [2.45, 2.75) is 18.5 Å². The molecule has 0 fully saturated rings. The maximum atomic E-state index is 12.3. The number of benzene rings is 2. The van der Waals surface area contributed by atoms with Crippen LogP contribution in [0.5, 0.6) is 0 Å². The molecule has 2 atom stereocenters. The number of hydrogen-bond donors (Lipinski definition) is 3. The van der Waals surface area contributed by atoms with Crippen LogP contribution in [-0.2, 0) is 10.3 Å². The lowest BCUT2D eigenvalue weighted by molar-refractivity contribution is -0.125. The molecule has 0 aliphatic heterocycles. The van der Waals surface area contributed by atoms with Gasteiger partial charge in [0.2, 0.25) is 5.91 Å². The number of nitrogens with two attached hydrogens (primary N) is 1. The van der Waals surface area contributed by atoms with E-state index in [1.165, 1.54) is 0 Å². The van der Waals surface area contributed by atoms with Crippen molar-refractivity contribution in [3.05, 3.63) is 71.8 Å². The minimum absolute atomic E-state index is 0.204. The summed E-state index contributed by atoms with van der Waals surface area (Å²) in [6.07, 6.45) is 0. The second-order valence-electron chi connectivity index (χ2n) is 5.23. The fourth-order valence-electron chi connectivity index (χ4n) is 2.17. The summed E-state index contributed by atoms with van der Waals surface area (Å²) in [7, 11) is 0. The van der Waals surface area contributed by atoms with E-state index in [1.807, 2.05) is 60.7 Å². The third-order valence-corrected chi connectivity index (χ3v) is 3.57. The van der Waals surface area contributed by atoms with E-state index < -0.39 is 11.6 Å². The Bertz CT molecular complexity index is 586. The summed E-state index contributed by atoms with van der Waals surface area (Å²) in [5.74, 6) is -0.318. The van der Waals surface area contributed by atoms with Gasteiger partial charge in [-0.25, -0.2) is 0 Å². The summed E-state index contributed by atoms with van der Waals surface area (Å²) in [6.45, 7) is 1.57. The van der Waals surface area contributed by atoms with Gasteiger partial charge in [0, 0.05) is 0 Å². The fourth-order valence-corrected chi connectivity index (χ4v) is 2.17. The summed E-state index contributed by atoms with van der Waals surface area (Å²) in [5.41, 5.74) is 6.70. The minimum Gasteiger partial charge on any atom is -0.394 e. The lowest BCUT2D eigenvalue weighted by atomic mass is 9.92. The third-order valence-electron chi connectivity index (χ3n) is 3.57. The highest BCUT2D eigenvalue weighted by Crippen LogP contribution is 2.21. The maximum absolute atomic E-state index is 12.3. The Morgan fingerprint density at radius 2 is 1.67 bits per heavy atom. The van der Waals surface area contributed by atoms with Crippen molar-refractivity contribution in [2.24, 2.45) is 5.73 Å². The Morgan fingerprint density at radius 1 is 1.14 bits per heavy atom. The molecular formula is C17H20N2O2. The average Bonchev–Trinajstić information content (AvgIpc) is 2.55. The summed E-state index contributed by atoms with van der Waals surface area (Å²) in [5, 5.41) is 12.5. The van der Waals surface area contributed by atoms with Crippen LogP contribution in [0, 0.1) is 0 Å². The number of hydrogen-bond acceptors (Lipinski definition) is 3. The van der Waals surface area contributed by atoms with Crippen LogP contribution in [0.15, 0.2) is 60.7 Å². The van der Waals surface area contributed by atoms with Gasteiger partial charge in [0.25, 0.3) is 0 Å². The molecule has 0 aliphatic rings. The van der Waals surface area contributed by atoms with E-state index in [1.54, 1.807) is 6.92 Å². The summed E-state index contributed by atoms with van der Waals surface area (Å²) in [6, 6.07) is 17.8. The molecule has 4 N–H and O–H groups in total. The minimum atomic E-state index is -0.856. The fraction of sp³-hybridized carbons (Fsp3) is 0.235. The molecule has 0 bridgehead atoms. The van der Waals surface area contributed by atoms with Crippen molar-refractivity contribution >= 4 is 5.91 Å². The Hall–Kier alpha value is -2.17. The first-order valence-electron chi connectivity index (χ1n) is 6.86. The van der Waals surface area contributed by atoms with Crippen LogP contribution in [0.25, 0.3) is 0 Å². The van der Waals surface area contributed by atoms with Gasteiger partial charge in [0.1, 0.15) is 6.04 Å². The number of rotatable bonds is 5. The molecule has 0 heterocycles. The van der Waals surface area contributed by atoms with Gasteiger partial charge in [-0.15, -0.1) is 0 Å². The quantitative estimate of drug-likeness (QED) is 0.782. The second-order valence-corrected chi connectivity index (χ2v) is 5.23. The van der Waals surface area contributed by atoms with Crippen molar-refractivity contribution in [1.82, 2.24) is 5.32 Å². The molecule has 2 rings (SSSR count). The maximum Gasteiger partial charge on any atom is 0.242 e. The van der Waals surface area contributed by atoms with E-state index in [-0.39, 0.29) is 12.5 Å². The van der Waals surface area contributed by atoms with Crippen molar-refractivity contribution in [3.8, 4) is 0 Å². The molecule has 2 aromatic rings. The Labute approximate surface area is 124 Å². The third kappa shape index (κ3) is 3.48. The Morgan fingerprint density at radius 3 is 2.19 bits per heavy atom. The topological polar surface area (TPSA) is 75.3 Å². The zero-order valence-corrected chi connectivity index (χ0v) is 12.0. The molecule has 110 valence electrons. The van der Waals surface area contributed by atoms with Gasteiger partial charge in [-0.2, -0.15) is 0 Å². The predicted molar refractivity (Wildman–Crippen MR) is 82.4 cm³/mol. The molecule has 4 nitrogen and oxygen atoms in total.